The highest BCUT2D eigenvalue weighted by Gasteiger charge is 2.34. The molecule has 0 saturated carbocycles. The molecule has 2 N–H and O–H groups in total. The maximum atomic E-state index is 12.5. The molecule has 0 aliphatic carbocycles. The molecule has 1 aromatic carbocycles. The summed E-state index contributed by atoms with van der Waals surface area (Å²) in [6, 6.07) is 2.30. The van der Waals surface area contributed by atoms with Crippen LogP contribution >= 0.6 is 0 Å². The predicted molar refractivity (Wildman–Crippen MR) is 66.9 cm³/mol. The van der Waals surface area contributed by atoms with Gasteiger partial charge >= 0.3 is 6.18 Å². The fourth-order valence-corrected chi connectivity index (χ4v) is 3.88. The Balaban J connectivity index is 2.37. The zero-order valence-electron chi connectivity index (χ0n) is 10.5. The summed E-state index contributed by atoms with van der Waals surface area (Å²) in [5.74, 6) is 0. The third-order valence-corrected chi connectivity index (χ3v) is 5.44. The quantitative estimate of drug-likeness (QED) is 0.851. The van der Waals surface area contributed by atoms with Crippen LogP contribution in [0.1, 0.15) is 18.4 Å². The average molecular weight is 309 g/mol. The van der Waals surface area contributed by atoms with Gasteiger partial charge in [0.05, 0.1) is 28.0 Å². The average Bonchev–Trinajstić information content (AvgIpc) is 2.38. The number of nitrogens with two attached hydrogens (primary N) is 1. The lowest BCUT2D eigenvalue weighted by Crippen LogP contribution is -2.31. The normalized spacial score (nSPS) is 20.9. The summed E-state index contributed by atoms with van der Waals surface area (Å²) in [6.07, 6.45) is -3.53. The number of benzene rings is 1. The minimum Gasteiger partial charge on any atom is -0.398 e. The highest BCUT2D eigenvalue weighted by Crippen LogP contribution is 2.34. The molecule has 1 fully saturated rings. The molecular weight excluding hydrogens is 295 g/mol. The van der Waals surface area contributed by atoms with Crippen molar-refractivity contribution >= 4 is 15.5 Å². The van der Waals surface area contributed by atoms with Gasteiger partial charge in [-0.2, -0.15) is 13.2 Å². The SMILES string of the molecule is Nc1cc(C(F)(F)F)ccc1S(=O)(=O)C1CCCOC1. The largest absolute Gasteiger partial charge is 0.416 e. The van der Waals surface area contributed by atoms with Gasteiger partial charge in [-0.1, -0.05) is 0 Å². The molecule has 20 heavy (non-hydrogen) atoms. The molecular formula is C12H14F3NO3S. The van der Waals surface area contributed by atoms with Crippen molar-refractivity contribution in [3.8, 4) is 0 Å². The molecule has 1 unspecified atom stereocenters. The topological polar surface area (TPSA) is 69.4 Å². The van der Waals surface area contributed by atoms with E-state index in [-0.39, 0.29) is 17.2 Å². The molecule has 1 aliphatic rings. The molecule has 0 aromatic heterocycles. The smallest absolute Gasteiger partial charge is 0.398 e. The van der Waals surface area contributed by atoms with Crippen molar-refractivity contribution in [1.82, 2.24) is 0 Å². The first-order valence-electron chi connectivity index (χ1n) is 6.01. The molecule has 0 spiro atoms. The molecule has 1 aromatic rings. The fourth-order valence-electron chi connectivity index (χ4n) is 2.12. The highest BCUT2D eigenvalue weighted by molar-refractivity contribution is 7.92. The lowest BCUT2D eigenvalue weighted by molar-refractivity contribution is -0.137. The summed E-state index contributed by atoms with van der Waals surface area (Å²) in [7, 11) is -3.77. The highest BCUT2D eigenvalue weighted by atomic mass is 32.2. The number of anilines is 1. The van der Waals surface area contributed by atoms with Crippen LogP contribution in [0, 0.1) is 0 Å². The van der Waals surface area contributed by atoms with E-state index in [2.05, 4.69) is 0 Å². The van der Waals surface area contributed by atoms with Crippen molar-refractivity contribution in [2.45, 2.75) is 29.2 Å². The van der Waals surface area contributed by atoms with Crippen LogP contribution in [0.15, 0.2) is 23.1 Å². The molecule has 1 atom stereocenters. The number of halogens is 3. The van der Waals surface area contributed by atoms with Gasteiger partial charge in [-0.3, -0.25) is 0 Å². The summed E-state index contributed by atoms with van der Waals surface area (Å²) in [6.45, 7) is 0.539. The Kier molecular flexibility index (Phi) is 3.97. The van der Waals surface area contributed by atoms with E-state index in [0.717, 1.165) is 12.1 Å². The molecule has 0 radical (unpaired) electrons. The molecule has 112 valence electrons. The van der Waals surface area contributed by atoms with E-state index >= 15 is 0 Å². The van der Waals surface area contributed by atoms with E-state index < -0.39 is 26.8 Å². The zero-order valence-corrected chi connectivity index (χ0v) is 11.3. The van der Waals surface area contributed by atoms with Gasteiger partial charge in [0.1, 0.15) is 0 Å². The molecule has 4 nitrogen and oxygen atoms in total. The molecule has 0 amide bonds. The van der Waals surface area contributed by atoms with Crippen LogP contribution in [-0.2, 0) is 20.8 Å². The second-order valence-corrected chi connectivity index (χ2v) is 6.83. The Hall–Kier alpha value is -1.28. The van der Waals surface area contributed by atoms with Gasteiger partial charge in [0.2, 0.25) is 0 Å². The number of hydrogen-bond donors (Lipinski definition) is 1. The molecule has 0 bridgehead atoms. The van der Waals surface area contributed by atoms with Crippen LogP contribution in [0.4, 0.5) is 18.9 Å². The number of ether oxygens (including phenoxy) is 1. The zero-order chi connectivity index (χ0) is 15.0. The minimum absolute atomic E-state index is 0.0444. The van der Waals surface area contributed by atoms with Crippen LogP contribution in [0.5, 0.6) is 0 Å². The van der Waals surface area contributed by atoms with E-state index in [9.17, 15) is 21.6 Å². The van der Waals surface area contributed by atoms with Crippen molar-refractivity contribution in [3.05, 3.63) is 23.8 Å². The van der Waals surface area contributed by atoms with E-state index in [0.29, 0.717) is 25.5 Å². The van der Waals surface area contributed by atoms with Crippen molar-refractivity contribution in [3.63, 3.8) is 0 Å². The van der Waals surface area contributed by atoms with Crippen LogP contribution in [-0.4, -0.2) is 26.9 Å². The molecule has 1 aliphatic heterocycles. The Bertz CT molecular complexity index is 592. The number of rotatable bonds is 2. The van der Waals surface area contributed by atoms with E-state index in [1.165, 1.54) is 0 Å². The second-order valence-electron chi connectivity index (χ2n) is 4.63. The van der Waals surface area contributed by atoms with Gasteiger partial charge in [-0.05, 0) is 31.0 Å². The van der Waals surface area contributed by atoms with E-state index in [1.54, 1.807) is 0 Å². The van der Waals surface area contributed by atoms with Crippen LogP contribution in [0.2, 0.25) is 0 Å². The Labute approximate surface area is 114 Å². The van der Waals surface area contributed by atoms with Crippen molar-refractivity contribution in [1.29, 1.82) is 0 Å². The third kappa shape index (κ3) is 2.90. The predicted octanol–water partition coefficient (Wildman–Crippen LogP) is 2.24. The summed E-state index contributed by atoms with van der Waals surface area (Å²) >= 11 is 0. The van der Waals surface area contributed by atoms with Crippen molar-refractivity contribution in [2.24, 2.45) is 0 Å². The number of alkyl halides is 3. The first-order chi connectivity index (χ1) is 9.23. The lowest BCUT2D eigenvalue weighted by atomic mass is 10.2. The number of hydrogen-bond acceptors (Lipinski definition) is 4. The van der Waals surface area contributed by atoms with E-state index in [1.807, 2.05) is 0 Å². The number of nitrogen functional groups attached to an aromatic ring is 1. The summed E-state index contributed by atoms with van der Waals surface area (Å²) in [5.41, 5.74) is 4.14. The maximum Gasteiger partial charge on any atom is 0.416 e. The van der Waals surface area contributed by atoms with Gasteiger partial charge in [-0.25, -0.2) is 8.42 Å². The molecule has 2 rings (SSSR count). The summed E-state index contributed by atoms with van der Waals surface area (Å²) in [4.78, 5) is -0.263. The van der Waals surface area contributed by atoms with Crippen LogP contribution < -0.4 is 5.73 Å². The van der Waals surface area contributed by atoms with E-state index in [4.69, 9.17) is 10.5 Å². The Morgan fingerprint density at radius 2 is 2.00 bits per heavy atom. The lowest BCUT2D eigenvalue weighted by Gasteiger charge is -2.23. The molecule has 1 saturated heterocycles. The number of sulfone groups is 1. The minimum atomic E-state index is -4.55. The maximum absolute atomic E-state index is 12.5. The molecule has 8 heteroatoms. The Morgan fingerprint density at radius 1 is 1.30 bits per heavy atom. The molecule has 1 heterocycles. The van der Waals surface area contributed by atoms with Gasteiger partial charge in [0, 0.05) is 6.61 Å². The Morgan fingerprint density at radius 3 is 2.50 bits per heavy atom. The van der Waals surface area contributed by atoms with Gasteiger partial charge in [0.15, 0.2) is 9.84 Å². The van der Waals surface area contributed by atoms with Gasteiger partial charge < -0.3 is 10.5 Å². The van der Waals surface area contributed by atoms with Crippen molar-refractivity contribution in [2.75, 3.05) is 18.9 Å². The van der Waals surface area contributed by atoms with Crippen LogP contribution in [0.25, 0.3) is 0 Å². The fraction of sp³-hybridized carbons (Fsp3) is 0.500. The standard InChI is InChI=1S/C12H14F3NO3S/c13-12(14,15)8-3-4-11(10(16)6-8)20(17,18)9-2-1-5-19-7-9/h3-4,6,9H,1-2,5,7,16H2. The first kappa shape index (κ1) is 15.1. The van der Waals surface area contributed by atoms with Crippen molar-refractivity contribution < 1.29 is 26.3 Å². The first-order valence-corrected chi connectivity index (χ1v) is 7.56. The van der Waals surface area contributed by atoms with Gasteiger partial charge in [-0.15, -0.1) is 0 Å². The summed E-state index contributed by atoms with van der Waals surface area (Å²) < 4.78 is 67.3. The van der Waals surface area contributed by atoms with Crippen LogP contribution in [0.3, 0.4) is 0 Å². The third-order valence-electron chi connectivity index (χ3n) is 3.20. The monoisotopic (exact) mass is 309 g/mol. The summed E-state index contributed by atoms with van der Waals surface area (Å²) in [5, 5.41) is -0.754. The van der Waals surface area contributed by atoms with Gasteiger partial charge in [0.25, 0.3) is 0 Å². The second kappa shape index (κ2) is 5.25.